The highest BCUT2D eigenvalue weighted by Gasteiger charge is 2.35. The van der Waals surface area contributed by atoms with E-state index in [1.807, 2.05) is 0 Å². The quantitative estimate of drug-likeness (QED) is 0.862. The van der Waals surface area contributed by atoms with Gasteiger partial charge in [-0.15, -0.1) is 0 Å². The molecular weight excluding hydrogens is 208 g/mol. The molecule has 1 fully saturated rings. The highest BCUT2D eigenvalue weighted by atomic mass is 15.2. The molecule has 2 rings (SSSR count). The zero-order chi connectivity index (χ0) is 12.3. The van der Waals surface area contributed by atoms with Crippen molar-refractivity contribution in [1.82, 2.24) is 10.2 Å². The molecule has 17 heavy (non-hydrogen) atoms. The van der Waals surface area contributed by atoms with Gasteiger partial charge in [0.1, 0.15) is 0 Å². The molecule has 1 N–H and O–H groups in total. The van der Waals surface area contributed by atoms with Crippen molar-refractivity contribution in [3.8, 4) is 0 Å². The van der Waals surface area contributed by atoms with Gasteiger partial charge >= 0.3 is 0 Å². The summed E-state index contributed by atoms with van der Waals surface area (Å²) in [6.07, 6.45) is 1.23. The second-order valence-corrected chi connectivity index (χ2v) is 5.20. The zero-order valence-electron chi connectivity index (χ0n) is 11.2. The van der Waals surface area contributed by atoms with Gasteiger partial charge in [-0.1, -0.05) is 44.2 Å². The van der Waals surface area contributed by atoms with Crippen LogP contribution >= 0.6 is 0 Å². The summed E-state index contributed by atoms with van der Waals surface area (Å²) in [4.78, 5) is 2.60. The van der Waals surface area contributed by atoms with E-state index in [2.05, 4.69) is 61.3 Å². The smallest absolute Gasteiger partial charge is 0.0535 e. The largest absolute Gasteiger partial charge is 0.305 e. The van der Waals surface area contributed by atoms with Crippen LogP contribution in [-0.2, 0) is 5.54 Å². The predicted octanol–water partition coefficient (Wildman–Crippen LogP) is 2.61. The molecule has 0 saturated carbocycles. The average Bonchev–Trinajstić information content (AvgIpc) is 2.39. The van der Waals surface area contributed by atoms with Gasteiger partial charge in [0.05, 0.1) is 5.54 Å². The first-order valence-electron chi connectivity index (χ1n) is 6.74. The molecule has 0 aliphatic carbocycles. The van der Waals surface area contributed by atoms with Crippen molar-refractivity contribution in [2.24, 2.45) is 0 Å². The number of nitrogens with zero attached hydrogens (tertiary/aromatic N) is 1. The first kappa shape index (κ1) is 12.6. The molecule has 1 aliphatic rings. The molecular formula is C15H24N2. The van der Waals surface area contributed by atoms with E-state index < -0.39 is 0 Å². The average molecular weight is 232 g/mol. The molecule has 1 aromatic carbocycles. The number of likely N-dealkylation sites (N-methyl/N-ethyl adjacent to an activating group) is 1. The van der Waals surface area contributed by atoms with Crippen LogP contribution in [0.3, 0.4) is 0 Å². The van der Waals surface area contributed by atoms with Crippen LogP contribution < -0.4 is 5.32 Å². The maximum absolute atomic E-state index is 3.74. The Kier molecular flexibility index (Phi) is 3.85. The van der Waals surface area contributed by atoms with Crippen LogP contribution in [0.5, 0.6) is 0 Å². The van der Waals surface area contributed by atoms with Gasteiger partial charge in [-0.3, -0.25) is 4.90 Å². The molecule has 94 valence electrons. The van der Waals surface area contributed by atoms with E-state index in [1.165, 1.54) is 12.0 Å². The summed E-state index contributed by atoms with van der Waals surface area (Å²) in [5.74, 6) is 0. The lowest BCUT2D eigenvalue weighted by Gasteiger charge is -2.46. The highest BCUT2D eigenvalue weighted by Crippen LogP contribution is 2.26. The van der Waals surface area contributed by atoms with Crippen molar-refractivity contribution >= 4 is 0 Å². The third-order valence-electron chi connectivity index (χ3n) is 4.05. The molecule has 1 aliphatic heterocycles. The Morgan fingerprint density at radius 3 is 2.59 bits per heavy atom. The predicted molar refractivity (Wildman–Crippen MR) is 73.1 cm³/mol. The van der Waals surface area contributed by atoms with Crippen LogP contribution in [0, 0.1) is 0 Å². The Labute approximate surface area is 105 Å². The van der Waals surface area contributed by atoms with Crippen LogP contribution in [0.15, 0.2) is 30.3 Å². The minimum Gasteiger partial charge on any atom is -0.305 e. The molecule has 0 bridgehead atoms. The molecule has 2 heteroatoms. The highest BCUT2D eigenvalue weighted by molar-refractivity contribution is 5.25. The molecule has 1 saturated heterocycles. The summed E-state index contributed by atoms with van der Waals surface area (Å²) in [5, 5.41) is 3.74. The van der Waals surface area contributed by atoms with Crippen molar-refractivity contribution in [3.63, 3.8) is 0 Å². The lowest BCUT2D eigenvalue weighted by molar-refractivity contribution is 0.0886. The van der Waals surface area contributed by atoms with Gasteiger partial charge in [-0.25, -0.2) is 0 Å². The van der Waals surface area contributed by atoms with E-state index in [9.17, 15) is 0 Å². The summed E-state index contributed by atoms with van der Waals surface area (Å²) in [5.41, 5.74) is 1.50. The number of benzene rings is 1. The Hall–Kier alpha value is -0.860. The fourth-order valence-electron chi connectivity index (χ4n) is 2.84. The molecule has 0 amide bonds. The summed E-state index contributed by atoms with van der Waals surface area (Å²) in [6.45, 7) is 10.2. The second kappa shape index (κ2) is 5.19. The van der Waals surface area contributed by atoms with Gasteiger partial charge in [-0.05, 0) is 25.5 Å². The molecule has 0 radical (unpaired) electrons. The Balaban J connectivity index is 2.18. The Morgan fingerprint density at radius 1 is 1.29 bits per heavy atom. The summed E-state index contributed by atoms with van der Waals surface area (Å²) in [6, 6.07) is 11.5. The summed E-state index contributed by atoms with van der Waals surface area (Å²) < 4.78 is 0. The maximum atomic E-state index is 3.74. The van der Waals surface area contributed by atoms with Crippen molar-refractivity contribution in [2.45, 2.75) is 38.8 Å². The van der Waals surface area contributed by atoms with E-state index in [0.29, 0.717) is 6.04 Å². The number of hydrogen-bond acceptors (Lipinski definition) is 2. The van der Waals surface area contributed by atoms with Gasteiger partial charge in [0.15, 0.2) is 0 Å². The second-order valence-electron chi connectivity index (χ2n) is 5.20. The van der Waals surface area contributed by atoms with Crippen LogP contribution in [0.2, 0.25) is 0 Å². The number of hydrogen-bond donors (Lipinski definition) is 1. The number of rotatable bonds is 3. The van der Waals surface area contributed by atoms with Crippen molar-refractivity contribution < 1.29 is 0 Å². The number of piperazine rings is 1. The molecule has 0 spiro atoms. The SMILES string of the molecule is CCC1CNC(C)(c2ccccc2)CN1CC. The van der Waals surface area contributed by atoms with Crippen LogP contribution in [0.1, 0.15) is 32.8 Å². The minimum absolute atomic E-state index is 0.100. The topological polar surface area (TPSA) is 15.3 Å². The van der Waals surface area contributed by atoms with Crippen molar-refractivity contribution in [1.29, 1.82) is 0 Å². The van der Waals surface area contributed by atoms with Crippen molar-refractivity contribution in [3.05, 3.63) is 35.9 Å². The fraction of sp³-hybridized carbons (Fsp3) is 0.600. The van der Waals surface area contributed by atoms with E-state index in [0.717, 1.165) is 19.6 Å². The Bertz CT molecular complexity index is 349. The van der Waals surface area contributed by atoms with E-state index in [1.54, 1.807) is 0 Å². The molecule has 2 atom stereocenters. The van der Waals surface area contributed by atoms with Gasteiger partial charge in [-0.2, -0.15) is 0 Å². The standard InChI is InChI=1S/C15H24N2/c1-4-14-11-16-15(3,12-17(14)5-2)13-9-7-6-8-10-13/h6-10,14,16H,4-5,11-12H2,1-3H3. The Morgan fingerprint density at radius 2 is 2.00 bits per heavy atom. The molecule has 1 aromatic rings. The first-order valence-corrected chi connectivity index (χ1v) is 6.74. The summed E-state index contributed by atoms with van der Waals surface area (Å²) in [7, 11) is 0. The lowest BCUT2D eigenvalue weighted by atomic mass is 9.88. The first-order chi connectivity index (χ1) is 8.19. The van der Waals surface area contributed by atoms with Gasteiger partial charge in [0.2, 0.25) is 0 Å². The minimum atomic E-state index is 0.100. The van der Waals surface area contributed by atoms with E-state index in [4.69, 9.17) is 0 Å². The molecule has 0 aromatic heterocycles. The van der Waals surface area contributed by atoms with E-state index >= 15 is 0 Å². The van der Waals surface area contributed by atoms with Gasteiger partial charge < -0.3 is 5.32 Å². The lowest BCUT2D eigenvalue weighted by Crippen LogP contribution is -2.60. The summed E-state index contributed by atoms with van der Waals surface area (Å²) >= 11 is 0. The number of nitrogens with one attached hydrogen (secondary N) is 1. The molecule has 1 heterocycles. The molecule has 2 nitrogen and oxygen atoms in total. The van der Waals surface area contributed by atoms with Crippen LogP contribution in [0.4, 0.5) is 0 Å². The van der Waals surface area contributed by atoms with Crippen molar-refractivity contribution in [2.75, 3.05) is 19.6 Å². The fourth-order valence-corrected chi connectivity index (χ4v) is 2.84. The van der Waals surface area contributed by atoms with Crippen LogP contribution in [0.25, 0.3) is 0 Å². The maximum Gasteiger partial charge on any atom is 0.0535 e. The van der Waals surface area contributed by atoms with Gasteiger partial charge in [0, 0.05) is 19.1 Å². The monoisotopic (exact) mass is 232 g/mol. The normalized spacial score (nSPS) is 30.4. The van der Waals surface area contributed by atoms with E-state index in [-0.39, 0.29) is 5.54 Å². The third-order valence-corrected chi connectivity index (χ3v) is 4.05. The zero-order valence-corrected chi connectivity index (χ0v) is 11.2. The third kappa shape index (κ3) is 2.53. The molecule has 2 unspecified atom stereocenters. The van der Waals surface area contributed by atoms with Crippen LogP contribution in [-0.4, -0.2) is 30.6 Å². The van der Waals surface area contributed by atoms with Gasteiger partial charge in [0.25, 0.3) is 0 Å².